The molecule has 0 aromatic heterocycles. The molecule has 1 aliphatic rings. The van der Waals surface area contributed by atoms with Gasteiger partial charge in [-0.2, -0.15) is 0 Å². The lowest BCUT2D eigenvalue weighted by Crippen LogP contribution is -2.47. The molecule has 0 aliphatic carbocycles. The molecule has 1 heterocycles. The van der Waals surface area contributed by atoms with Crippen molar-refractivity contribution in [1.82, 2.24) is 4.72 Å². The third kappa shape index (κ3) is 6.77. The fourth-order valence-electron chi connectivity index (χ4n) is 4.48. The van der Waals surface area contributed by atoms with Gasteiger partial charge in [0, 0.05) is 12.6 Å². The first kappa shape index (κ1) is 27.2. The number of carbonyl (C=O) groups excluding carboxylic acids is 1. The Bertz CT molecular complexity index is 1610. The van der Waals surface area contributed by atoms with E-state index in [0.29, 0.717) is 29.4 Å². The van der Waals surface area contributed by atoms with Gasteiger partial charge in [-0.05, 0) is 34.9 Å². The number of para-hydroxylation sites is 1. The van der Waals surface area contributed by atoms with Gasteiger partial charge in [-0.15, -0.1) is 0 Å². The molecule has 5 rings (SSSR count). The highest BCUT2D eigenvalue weighted by Gasteiger charge is 2.31. The van der Waals surface area contributed by atoms with Crippen LogP contribution >= 0.6 is 0 Å². The molecule has 8 heteroatoms. The molecule has 1 unspecified atom stereocenters. The molecule has 1 amide bonds. The molecule has 0 spiro atoms. The Hall–Kier alpha value is -4.40. The number of nitrogens with zero attached hydrogens (tertiary/aromatic N) is 1. The molecule has 0 bridgehead atoms. The molecule has 0 saturated heterocycles. The summed E-state index contributed by atoms with van der Waals surface area (Å²) in [6, 6.07) is 31.7. The van der Waals surface area contributed by atoms with Crippen molar-refractivity contribution >= 4 is 27.7 Å². The van der Waals surface area contributed by atoms with Gasteiger partial charge in [-0.25, -0.2) is 13.1 Å². The van der Waals surface area contributed by atoms with E-state index in [1.165, 1.54) is 0 Å². The first-order valence-corrected chi connectivity index (χ1v) is 14.8. The smallest absolute Gasteiger partial charge is 0.262 e. The molecule has 0 fully saturated rings. The molecule has 4 aromatic rings. The summed E-state index contributed by atoms with van der Waals surface area (Å²) in [5, 5.41) is 0. The van der Waals surface area contributed by atoms with Crippen molar-refractivity contribution in [3.63, 3.8) is 0 Å². The van der Waals surface area contributed by atoms with E-state index in [0.717, 1.165) is 22.9 Å². The van der Waals surface area contributed by atoms with E-state index in [9.17, 15) is 13.2 Å². The van der Waals surface area contributed by atoms with Crippen molar-refractivity contribution in [2.75, 3.05) is 17.7 Å². The zero-order chi connectivity index (χ0) is 28.0. The predicted octanol–water partition coefficient (Wildman–Crippen LogP) is 5.44. The van der Waals surface area contributed by atoms with Gasteiger partial charge in [0.25, 0.3) is 5.91 Å². The molecule has 1 aliphatic heterocycles. The minimum atomic E-state index is -3.46. The number of rotatable bonds is 10. The summed E-state index contributed by atoms with van der Waals surface area (Å²) < 4.78 is 38.5. The Balaban J connectivity index is 1.48. The molecule has 1 N–H and O–H groups in total. The predicted molar refractivity (Wildman–Crippen MR) is 157 cm³/mol. The van der Waals surface area contributed by atoms with Crippen LogP contribution in [-0.4, -0.2) is 33.2 Å². The molecular weight excluding hydrogens is 524 g/mol. The monoisotopic (exact) mass is 554 g/mol. The lowest BCUT2D eigenvalue weighted by atomic mass is 10.0. The van der Waals surface area contributed by atoms with Crippen LogP contribution in [0.25, 0.3) is 6.08 Å². The largest absolute Gasteiger partial charge is 0.489 e. The van der Waals surface area contributed by atoms with Crippen molar-refractivity contribution in [1.29, 1.82) is 0 Å². The summed E-state index contributed by atoms with van der Waals surface area (Å²) in [5.74, 6) is 0.633. The summed E-state index contributed by atoms with van der Waals surface area (Å²) in [4.78, 5) is 15.8. The van der Waals surface area contributed by atoms with Gasteiger partial charge in [0.2, 0.25) is 10.0 Å². The molecule has 204 valence electrons. The zero-order valence-electron chi connectivity index (χ0n) is 22.1. The standard InChI is InChI=1S/C32H30N2O5S/c1-40(36,37)33-21-27-17-16-26-14-8-9-15-30(26)34(27)32(35)29-19-18-28(38-22-24-10-4-2-5-11-24)20-31(29)39-23-25-12-6-3-7-13-25/h2-20,27,33H,21-23H2,1H3. The minimum Gasteiger partial charge on any atom is -0.489 e. The van der Waals surface area contributed by atoms with Gasteiger partial charge < -0.3 is 9.47 Å². The van der Waals surface area contributed by atoms with Crippen molar-refractivity contribution in [2.45, 2.75) is 19.3 Å². The molecule has 1 atom stereocenters. The number of amides is 1. The fourth-order valence-corrected chi connectivity index (χ4v) is 4.95. The second kappa shape index (κ2) is 12.2. The summed E-state index contributed by atoms with van der Waals surface area (Å²) in [6.45, 7) is 0.669. The van der Waals surface area contributed by atoms with E-state index in [1.807, 2.05) is 97.1 Å². The van der Waals surface area contributed by atoms with E-state index < -0.39 is 16.1 Å². The van der Waals surface area contributed by atoms with Crippen LogP contribution in [0.5, 0.6) is 11.5 Å². The van der Waals surface area contributed by atoms with E-state index >= 15 is 0 Å². The van der Waals surface area contributed by atoms with Crippen LogP contribution in [-0.2, 0) is 23.2 Å². The SMILES string of the molecule is CS(=O)(=O)NCC1C=Cc2ccccc2N1C(=O)c1ccc(OCc2ccccc2)cc1OCc1ccccc1. The summed E-state index contributed by atoms with van der Waals surface area (Å²) in [6.07, 6.45) is 4.84. The van der Waals surface area contributed by atoms with E-state index in [2.05, 4.69) is 4.72 Å². The number of sulfonamides is 1. The van der Waals surface area contributed by atoms with Crippen LogP contribution in [0.3, 0.4) is 0 Å². The van der Waals surface area contributed by atoms with Crippen LogP contribution < -0.4 is 19.1 Å². The number of ether oxygens (including phenoxy) is 2. The summed E-state index contributed by atoms with van der Waals surface area (Å²) in [7, 11) is -3.46. The van der Waals surface area contributed by atoms with Crippen molar-refractivity contribution in [3.8, 4) is 11.5 Å². The number of benzene rings is 4. The summed E-state index contributed by atoms with van der Waals surface area (Å²) >= 11 is 0. The second-order valence-corrected chi connectivity index (χ2v) is 11.3. The van der Waals surface area contributed by atoms with Gasteiger partial charge in [-0.1, -0.05) is 91.0 Å². The highest BCUT2D eigenvalue weighted by Crippen LogP contribution is 2.34. The van der Waals surface area contributed by atoms with Crippen LogP contribution in [0.2, 0.25) is 0 Å². The molecule has 0 radical (unpaired) electrons. The van der Waals surface area contributed by atoms with Crippen molar-refractivity contribution in [2.24, 2.45) is 0 Å². The van der Waals surface area contributed by atoms with Crippen molar-refractivity contribution < 1.29 is 22.7 Å². The average molecular weight is 555 g/mol. The van der Waals surface area contributed by atoms with E-state index in [-0.39, 0.29) is 19.1 Å². The first-order chi connectivity index (χ1) is 19.4. The lowest BCUT2D eigenvalue weighted by Gasteiger charge is -2.34. The molecular formula is C32H30N2O5S. The highest BCUT2D eigenvalue weighted by molar-refractivity contribution is 7.88. The number of fused-ring (bicyclic) bond motifs is 1. The van der Waals surface area contributed by atoms with Crippen molar-refractivity contribution in [3.05, 3.63) is 131 Å². The average Bonchev–Trinajstić information content (AvgIpc) is 2.98. The van der Waals surface area contributed by atoms with Gasteiger partial charge in [0.1, 0.15) is 24.7 Å². The number of anilines is 1. The lowest BCUT2D eigenvalue weighted by molar-refractivity contribution is 0.0976. The number of nitrogens with one attached hydrogen (secondary N) is 1. The Kier molecular flexibility index (Phi) is 8.28. The third-order valence-electron chi connectivity index (χ3n) is 6.47. The maximum absolute atomic E-state index is 14.2. The normalized spacial score (nSPS) is 14.4. The van der Waals surface area contributed by atoms with Gasteiger partial charge in [0.15, 0.2) is 0 Å². The third-order valence-corrected chi connectivity index (χ3v) is 7.16. The highest BCUT2D eigenvalue weighted by atomic mass is 32.2. The van der Waals surface area contributed by atoms with Crippen LogP contribution in [0, 0.1) is 0 Å². The number of hydrogen-bond donors (Lipinski definition) is 1. The topological polar surface area (TPSA) is 84.9 Å². The maximum Gasteiger partial charge on any atom is 0.262 e. The van der Waals surface area contributed by atoms with E-state index in [4.69, 9.17) is 9.47 Å². The first-order valence-electron chi connectivity index (χ1n) is 12.9. The number of carbonyl (C=O) groups is 1. The van der Waals surface area contributed by atoms with Gasteiger partial charge >= 0.3 is 0 Å². The Morgan fingerprint density at radius 3 is 2.12 bits per heavy atom. The fraction of sp³-hybridized carbons (Fsp3) is 0.156. The van der Waals surface area contributed by atoms with Gasteiger partial charge in [-0.3, -0.25) is 9.69 Å². The Morgan fingerprint density at radius 2 is 1.45 bits per heavy atom. The molecule has 7 nitrogen and oxygen atoms in total. The zero-order valence-corrected chi connectivity index (χ0v) is 22.9. The van der Waals surface area contributed by atoms with Crippen LogP contribution in [0.1, 0.15) is 27.0 Å². The summed E-state index contributed by atoms with van der Waals surface area (Å²) in [5.41, 5.74) is 3.87. The van der Waals surface area contributed by atoms with Crippen LogP contribution in [0.15, 0.2) is 109 Å². The van der Waals surface area contributed by atoms with E-state index in [1.54, 1.807) is 23.1 Å². The minimum absolute atomic E-state index is 0.0356. The maximum atomic E-state index is 14.2. The van der Waals surface area contributed by atoms with Gasteiger partial charge in [0.05, 0.1) is 23.5 Å². The quantitative estimate of drug-likeness (QED) is 0.282. The molecule has 40 heavy (non-hydrogen) atoms. The molecule has 0 saturated carbocycles. The Morgan fingerprint density at radius 1 is 0.825 bits per heavy atom. The molecule has 4 aromatic carbocycles. The Labute approximate surface area is 234 Å². The second-order valence-electron chi connectivity index (χ2n) is 9.49. The van der Waals surface area contributed by atoms with Crippen LogP contribution in [0.4, 0.5) is 5.69 Å². The number of hydrogen-bond acceptors (Lipinski definition) is 5.